The molecule has 5 nitrogen and oxygen atoms in total. The lowest BCUT2D eigenvalue weighted by Crippen LogP contribution is -2.28. The van der Waals surface area contributed by atoms with Crippen molar-refractivity contribution in [2.24, 2.45) is 5.73 Å². The second-order valence-corrected chi connectivity index (χ2v) is 3.65. The first-order valence-electron chi connectivity index (χ1n) is 4.93. The van der Waals surface area contributed by atoms with Gasteiger partial charge in [-0.05, 0) is 26.3 Å². The second kappa shape index (κ2) is 4.52. The summed E-state index contributed by atoms with van der Waals surface area (Å²) in [5.74, 6) is 0. The van der Waals surface area contributed by atoms with Gasteiger partial charge in [-0.2, -0.15) is 0 Å². The Balaban J connectivity index is 2.87. The van der Waals surface area contributed by atoms with Gasteiger partial charge in [0, 0.05) is 6.54 Å². The second-order valence-electron chi connectivity index (χ2n) is 3.65. The van der Waals surface area contributed by atoms with Crippen molar-refractivity contribution in [3.63, 3.8) is 0 Å². The Labute approximate surface area is 83.9 Å². The van der Waals surface area contributed by atoms with E-state index in [9.17, 15) is 5.11 Å². The first kappa shape index (κ1) is 11.1. The highest BCUT2D eigenvalue weighted by Gasteiger charge is 2.26. The van der Waals surface area contributed by atoms with E-state index < -0.39 is 5.60 Å². The van der Waals surface area contributed by atoms with Crippen molar-refractivity contribution in [1.29, 1.82) is 0 Å². The molecular formula is C9H18N4O. The van der Waals surface area contributed by atoms with E-state index in [-0.39, 0.29) is 0 Å². The Morgan fingerprint density at radius 3 is 2.93 bits per heavy atom. The standard InChI is InChI=1S/C9H18N4O/c1-3-6-13-8(7-11-12-13)9(2,14)4-5-10/h7,14H,3-6,10H2,1-2H3. The van der Waals surface area contributed by atoms with Gasteiger partial charge in [0.25, 0.3) is 0 Å². The zero-order valence-corrected chi connectivity index (χ0v) is 8.77. The molecule has 1 aromatic rings. The highest BCUT2D eigenvalue weighted by molar-refractivity contribution is 5.06. The maximum Gasteiger partial charge on any atom is 0.106 e. The molecule has 0 saturated heterocycles. The van der Waals surface area contributed by atoms with Crippen LogP contribution in [0.25, 0.3) is 0 Å². The molecule has 3 N–H and O–H groups in total. The Hall–Kier alpha value is -0.940. The van der Waals surface area contributed by atoms with Crippen LogP contribution in [0, 0.1) is 0 Å². The molecule has 0 aromatic carbocycles. The summed E-state index contributed by atoms with van der Waals surface area (Å²) >= 11 is 0. The molecule has 1 heterocycles. The van der Waals surface area contributed by atoms with E-state index in [0.717, 1.165) is 18.7 Å². The van der Waals surface area contributed by atoms with Gasteiger partial charge in [0.15, 0.2) is 0 Å². The van der Waals surface area contributed by atoms with Gasteiger partial charge in [0.1, 0.15) is 5.60 Å². The molecule has 0 radical (unpaired) electrons. The number of nitrogens with two attached hydrogens (primary N) is 1. The predicted molar refractivity (Wildman–Crippen MR) is 53.6 cm³/mol. The third-order valence-electron chi connectivity index (χ3n) is 2.24. The summed E-state index contributed by atoms with van der Waals surface area (Å²) in [6.45, 7) is 5.02. The van der Waals surface area contributed by atoms with Crippen molar-refractivity contribution < 1.29 is 5.11 Å². The summed E-state index contributed by atoms with van der Waals surface area (Å²) < 4.78 is 1.73. The van der Waals surface area contributed by atoms with E-state index in [2.05, 4.69) is 17.2 Å². The number of hydrogen-bond donors (Lipinski definition) is 2. The highest BCUT2D eigenvalue weighted by atomic mass is 16.3. The quantitative estimate of drug-likeness (QED) is 0.710. The first-order chi connectivity index (χ1) is 6.61. The van der Waals surface area contributed by atoms with Crippen LogP contribution in [0.5, 0.6) is 0 Å². The average molecular weight is 198 g/mol. The van der Waals surface area contributed by atoms with Gasteiger partial charge in [-0.15, -0.1) is 5.10 Å². The molecule has 1 rings (SSSR count). The van der Waals surface area contributed by atoms with Crippen LogP contribution in [0.1, 0.15) is 32.4 Å². The van der Waals surface area contributed by atoms with E-state index in [1.807, 2.05) is 0 Å². The average Bonchev–Trinajstić information content (AvgIpc) is 2.53. The number of hydrogen-bond acceptors (Lipinski definition) is 4. The van der Waals surface area contributed by atoms with Crippen LogP contribution in [0.3, 0.4) is 0 Å². The smallest absolute Gasteiger partial charge is 0.106 e. The minimum absolute atomic E-state index is 0.449. The summed E-state index contributed by atoms with van der Waals surface area (Å²) in [6, 6.07) is 0. The summed E-state index contributed by atoms with van der Waals surface area (Å²) in [7, 11) is 0. The highest BCUT2D eigenvalue weighted by Crippen LogP contribution is 2.22. The molecule has 14 heavy (non-hydrogen) atoms. The fourth-order valence-corrected chi connectivity index (χ4v) is 1.46. The topological polar surface area (TPSA) is 77.0 Å². The Bertz CT molecular complexity index is 282. The maximum absolute atomic E-state index is 10.1. The molecule has 5 heteroatoms. The third-order valence-corrected chi connectivity index (χ3v) is 2.24. The number of nitrogens with zero attached hydrogens (tertiary/aromatic N) is 3. The third kappa shape index (κ3) is 2.30. The number of rotatable bonds is 5. The molecule has 0 aliphatic carbocycles. The molecule has 0 amide bonds. The number of aryl methyl sites for hydroxylation is 1. The maximum atomic E-state index is 10.1. The van der Waals surface area contributed by atoms with Crippen LogP contribution < -0.4 is 5.73 Å². The molecule has 0 fully saturated rings. The summed E-state index contributed by atoms with van der Waals surface area (Å²) in [5.41, 5.74) is 5.25. The van der Waals surface area contributed by atoms with Crippen LogP contribution in [0.2, 0.25) is 0 Å². The van der Waals surface area contributed by atoms with Crippen molar-refractivity contribution in [3.05, 3.63) is 11.9 Å². The molecule has 0 bridgehead atoms. The van der Waals surface area contributed by atoms with E-state index in [0.29, 0.717) is 13.0 Å². The van der Waals surface area contributed by atoms with Crippen molar-refractivity contribution in [3.8, 4) is 0 Å². The van der Waals surface area contributed by atoms with Crippen molar-refractivity contribution in [1.82, 2.24) is 15.0 Å². The van der Waals surface area contributed by atoms with E-state index in [4.69, 9.17) is 5.73 Å². The molecule has 1 aromatic heterocycles. The summed E-state index contributed by atoms with van der Waals surface area (Å²) in [6.07, 6.45) is 3.09. The van der Waals surface area contributed by atoms with Crippen molar-refractivity contribution in [2.45, 2.75) is 38.8 Å². The molecule has 1 atom stereocenters. The van der Waals surface area contributed by atoms with Crippen molar-refractivity contribution in [2.75, 3.05) is 6.54 Å². The number of aliphatic hydroxyl groups is 1. The lowest BCUT2D eigenvalue weighted by molar-refractivity contribution is 0.0408. The van der Waals surface area contributed by atoms with Gasteiger partial charge in [-0.1, -0.05) is 12.1 Å². The monoisotopic (exact) mass is 198 g/mol. The van der Waals surface area contributed by atoms with Crippen LogP contribution in [0.15, 0.2) is 6.20 Å². The lowest BCUT2D eigenvalue weighted by Gasteiger charge is -2.22. The Kier molecular flexibility index (Phi) is 3.60. The molecule has 0 spiro atoms. The summed E-state index contributed by atoms with van der Waals surface area (Å²) in [5, 5.41) is 17.8. The van der Waals surface area contributed by atoms with Crippen LogP contribution >= 0.6 is 0 Å². The van der Waals surface area contributed by atoms with Gasteiger partial charge in [0.2, 0.25) is 0 Å². The van der Waals surface area contributed by atoms with E-state index in [1.54, 1.807) is 17.8 Å². The SMILES string of the molecule is CCCn1nncc1C(C)(O)CCN. The Morgan fingerprint density at radius 1 is 1.64 bits per heavy atom. The molecular weight excluding hydrogens is 180 g/mol. The van der Waals surface area contributed by atoms with Crippen molar-refractivity contribution >= 4 is 0 Å². The normalized spacial score (nSPS) is 15.4. The largest absolute Gasteiger partial charge is 0.384 e. The van der Waals surface area contributed by atoms with Gasteiger partial charge >= 0.3 is 0 Å². The molecule has 0 aliphatic rings. The molecule has 0 saturated carbocycles. The van der Waals surface area contributed by atoms with E-state index in [1.165, 1.54) is 0 Å². The van der Waals surface area contributed by atoms with Crippen LogP contribution in [-0.2, 0) is 12.1 Å². The van der Waals surface area contributed by atoms with Gasteiger partial charge in [-0.3, -0.25) is 0 Å². The minimum Gasteiger partial charge on any atom is -0.384 e. The molecule has 1 unspecified atom stereocenters. The van der Waals surface area contributed by atoms with Gasteiger partial charge in [0.05, 0.1) is 11.9 Å². The van der Waals surface area contributed by atoms with Gasteiger partial charge < -0.3 is 10.8 Å². The summed E-state index contributed by atoms with van der Waals surface area (Å²) in [4.78, 5) is 0. The zero-order chi connectivity index (χ0) is 10.6. The lowest BCUT2D eigenvalue weighted by atomic mass is 9.99. The minimum atomic E-state index is -0.923. The molecule has 80 valence electrons. The van der Waals surface area contributed by atoms with Crippen LogP contribution in [-0.4, -0.2) is 26.6 Å². The van der Waals surface area contributed by atoms with E-state index >= 15 is 0 Å². The van der Waals surface area contributed by atoms with Crippen LogP contribution in [0.4, 0.5) is 0 Å². The fraction of sp³-hybridized carbons (Fsp3) is 0.778. The van der Waals surface area contributed by atoms with Gasteiger partial charge in [-0.25, -0.2) is 4.68 Å². The fourth-order valence-electron chi connectivity index (χ4n) is 1.46. The number of aromatic nitrogens is 3. The molecule has 0 aliphatic heterocycles. The first-order valence-corrected chi connectivity index (χ1v) is 4.93. The zero-order valence-electron chi connectivity index (χ0n) is 8.77. The predicted octanol–water partition coefficient (Wildman–Crippen LogP) is 0.244. The Morgan fingerprint density at radius 2 is 2.36 bits per heavy atom.